The predicted molar refractivity (Wildman–Crippen MR) is 119 cm³/mol. The van der Waals surface area contributed by atoms with E-state index in [1.54, 1.807) is 65.0 Å². The van der Waals surface area contributed by atoms with Gasteiger partial charge in [-0.2, -0.15) is 0 Å². The molecule has 170 valence electrons. The monoisotopic (exact) mass is 442 g/mol. The Morgan fingerprint density at radius 3 is 2.37 bits per heavy atom. The first kappa shape index (κ1) is 26.0. The highest BCUT2D eigenvalue weighted by atomic mass is 31.2. The third kappa shape index (κ3) is 10.1. The minimum absolute atomic E-state index is 0.178. The van der Waals surface area contributed by atoms with Gasteiger partial charge >= 0.3 is 13.7 Å². The van der Waals surface area contributed by atoms with Crippen LogP contribution in [0.3, 0.4) is 0 Å². The molecule has 0 saturated heterocycles. The van der Waals surface area contributed by atoms with E-state index in [9.17, 15) is 9.36 Å². The second-order valence-electron chi connectivity index (χ2n) is 7.61. The summed E-state index contributed by atoms with van der Waals surface area (Å²) in [5.74, 6) is 0.560. The van der Waals surface area contributed by atoms with Gasteiger partial charge in [0.1, 0.15) is 18.0 Å². The summed E-state index contributed by atoms with van der Waals surface area (Å²) in [6.07, 6.45) is 3.13. The Bertz CT molecular complexity index is 750. The molecule has 0 aromatic heterocycles. The Balaban J connectivity index is 2.67. The van der Waals surface area contributed by atoms with E-state index in [1.807, 2.05) is 6.92 Å². The molecule has 0 aliphatic rings. The normalized spacial score (nSPS) is 13.3. The molecule has 3 N–H and O–H groups in total. The van der Waals surface area contributed by atoms with Gasteiger partial charge in [0.25, 0.3) is 0 Å². The summed E-state index contributed by atoms with van der Waals surface area (Å²) in [4.78, 5) is 12.0. The molecule has 8 nitrogen and oxygen atoms in total. The Morgan fingerprint density at radius 1 is 1.17 bits per heavy atom. The molecule has 0 aliphatic carbocycles. The van der Waals surface area contributed by atoms with Crippen molar-refractivity contribution < 1.29 is 27.9 Å². The molecule has 1 atom stereocenters. The van der Waals surface area contributed by atoms with Crippen LogP contribution in [-0.4, -0.2) is 37.7 Å². The van der Waals surface area contributed by atoms with Gasteiger partial charge in [0.05, 0.1) is 25.4 Å². The van der Waals surface area contributed by atoms with Gasteiger partial charge in [-0.05, 0) is 59.2 Å². The van der Waals surface area contributed by atoms with Gasteiger partial charge in [-0.1, -0.05) is 12.2 Å². The Morgan fingerprint density at radius 2 is 1.80 bits per heavy atom. The molecule has 0 radical (unpaired) electrons. The van der Waals surface area contributed by atoms with Crippen LogP contribution in [-0.2, 0) is 18.3 Å². The molecule has 30 heavy (non-hydrogen) atoms. The Hall–Kier alpha value is -2.02. The van der Waals surface area contributed by atoms with Crippen LogP contribution in [0.25, 0.3) is 0 Å². The minimum Gasteiger partial charge on any atom is -0.489 e. The molecular formula is C21H35N2O6P. The lowest BCUT2D eigenvalue weighted by Crippen LogP contribution is -2.34. The van der Waals surface area contributed by atoms with Gasteiger partial charge in [-0.25, -0.2) is 4.79 Å². The summed E-state index contributed by atoms with van der Waals surface area (Å²) in [6.45, 7) is 11.7. The van der Waals surface area contributed by atoms with Gasteiger partial charge in [0.15, 0.2) is 0 Å². The van der Waals surface area contributed by atoms with Crippen LogP contribution in [0.5, 0.6) is 5.75 Å². The average Bonchev–Trinajstić information content (AvgIpc) is 2.59. The molecule has 0 aliphatic heterocycles. The van der Waals surface area contributed by atoms with E-state index >= 15 is 0 Å². The van der Waals surface area contributed by atoms with E-state index in [1.165, 1.54) is 0 Å². The highest BCUT2D eigenvalue weighted by molar-refractivity contribution is 7.54. The standard InChI is InChI=1S/C21H35N2O6P/c1-7-27-30(25,28-8-2)12-10-9-11-26-19-14-17(13-18(22)15-19)16(3)23-20(24)29-21(4,5)6/h9-10,13-16H,7-8,11-12,22H2,1-6H3,(H,23,24)/b10-9+/t16-/m1/s1. The number of carbonyl (C=O) groups is 1. The number of nitrogens with two attached hydrogens (primary N) is 1. The molecule has 0 unspecified atom stereocenters. The van der Waals surface area contributed by atoms with E-state index < -0.39 is 19.3 Å². The molecule has 0 bridgehead atoms. The maximum absolute atomic E-state index is 12.4. The second kappa shape index (κ2) is 12.0. The fraction of sp³-hybridized carbons (Fsp3) is 0.571. The molecule has 9 heteroatoms. The van der Waals surface area contributed by atoms with Crippen molar-refractivity contribution in [1.29, 1.82) is 0 Å². The number of hydrogen-bond acceptors (Lipinski definition) is 7. The molecule has 1 rings (SSSR count). The van der Waals surface area contributed by atoms with Crippen LogP contribution in [0, 0.1) is 0 Å². The lowest BCUT2D eigenvalue weighted by atomic mass is 10.1. The maximum atomic E-state index is 12.4. The van der Waals surface area contributed by atoms with E-state index in [2.05, 4.69) is 5.32 Å². The predicted octanol–water partition coefficient (Wildman–Crippen LogP) is 5.06. The van der Waals surface area contributed by atoms with Gasteiger partial charge < -0.3 is 29.6 Å². The first-order chi connectivity index (χ1) is 14.0. The zero-order chi connectivity index (χ0) is 22.8. The number of ether oxygens (including phenoxy) is 2. The van der Waals surface area contributed by atoms with Crippen LogP contribution in [0.1, 0.15) is 53.1 Å². The van der Waals surface area contributed by atoms with Gasteiger partial charge in [0.2, 0.25) is 0 Å². The maximum Gasteiger partial charge on any atom is 0.408 e. The third-order valence-corrected chi connectivity index (χ3v) is 5.64. The van der Waals surface area contributed by atoms with Crippen LogP contribution < -0.4 is 15.8 Å². The van der Waals surface area contributed by atoms with Crippen molar-refractivity contribution in [2.45, 2.75) is 53.2 Å². The molecule has 0 saturated carbocycles. The molecule has 0 spiro atoms. The van der Waals surface area contributed by atoms with Crippen LogP contribution >= 0.6 is 7.60 Å². The minimum atomic E-state index is -3.10. The number of rotatable bonds is 11. The highest BCUT2D eigenvalue weighted by Crippen LogP contribution is 2.47. The summed E-state index contributed by atoms with van der Waals surface area (Å²) in [5, 5.41) is 2.78. The van der Waals surface area contributed by atoms with Crippen molar-refractivity contribution in [2.75, 3.05) is 31.7 Å². The van der Waals surface area contributed by atoms with E-state index in [-0.39, 0.29) is 18.8 Å². The number of anilines is 1. The summed E-state index contributed by atoms with van der Waals surface area (Å²) in [5.41, 5.74) is 6.70. The molecule has 0 fully saturated rings. The van der Waals surface area contributed by atoms with Crippen LogP contribution in [0.4, 0.5) is 10.5 Å². The second-order valence-corrected chi connectivity index (χ2v) is 9.72. The number of carbonyl (C=O) groups excluding carboxylic acids is 1. The quantitative estimate of drug-likeness (QED) is 0.280. The van der Waals surface area contributed by atoms with Crippen molar-refractivity contribution in [2.24, 2.45) is 0 Å². The number of benzene rings is 1. The van der Waals surface area contributed by atoms with Gasteiger partial charge in [0, 0.05) is 11.8 Å². The fourth-order valence-corrected chi connectivity index (χ4v) is 3.98. The van der Waals surface area contributed by atoms with Crippen molar-refractivity contribution in [3.8, 4) is 5.75 Å². The summed E-state index contributed by atoms with van der Waals surface area (Å²) in [6, 6.07) is 4.95. The third-order valence-electron chi connectivity index (χ3n) is 3.68. The number of amides is 1. The number of nitrogens with one attached hydrogen (secondary N) is 1. The molecule has 1 aromatic rings. The SMILES string of the molecule is CCOP(=O)(C/C=C/COc1cc(N)cc([C@@H](C)NC(=O)OC(C)(C)C)c1)OCC. The molecule has 1 amide bonds. The number of nitrogen functional groups attached to an aromatic ring is 1. The fourth-order valence-electron chi connectivity index (χ4n) is 2.50. The van der Waals surface area contributed by atoms with E-state index in [4.69, 9.17) is 24.3 Å². The summed E-state index contributed by atoms with van der Waals surface area (Å²) in [7, 11) is -3.10. The number of allylic oxidation sites excluding steroid dienone is 1. The smallest absolute Gasteiger partial charge is 0.408 e. The molecule has 1 aromatic carbocycles. The number of hydrogen-bond donors (Lipinski definition) is 2. The highest BCUT2D eigenvalue weighted by Gasteiger charge is 2.21. The number of alkyl carbamates (subject to hydrolysis) is 1. The first-order valence-corrected chi connectivity index (χ1v) is 11.8. The summed E-state index contributed by atoms with van der Waals surface area (Å²) < 4.78 is 33.9. The average molecular weight is 442 g/mol. The lowest BCUT2D eigenvalue weighted by Gasteiger charge is -2.22. The molecular weight excluding hydrogens is 407 g/mol. The van der Waals surface area contributed by atoms with E-state index in [0.717, 1.165) is 5.56 Å². The van der Waals surface area contributed by atoms with Crippen LogP contribution in [0.15, 0.2) is 30.4 Å². The van der Waals surface area contributed by atoms with E-state index in [0.29, 0.717) is 24.7 Å². The topological polar surface area (TPSA) is 109 Å². The van der Waals surface area contributed by atoms with Crippen molar-refractivity contribution in [3.05, 3.63) is 35.9 Å². The lowest BCUT2D eigenvalue weighted by molar-refractivity contribution is 0.0507. The van der Waals surface area contributed by atoms with Crippen molar-refractivity contribution >= 4 is 19.4 Å². The molecule has 0 heterocycles. The first-order valence-electron chi connectivity index (χ1n) is 10.0. The van der Waals surface area contributed by atoms with Crippen LogP contribution in [0.2, 0.25) is 0 Å². The van der Waals surface area contributed by atoms with Gasteiger partial charge in [-0.15, -0.1) is 0 Å². The zero-order valence-corrected chi connectivity index (χ0v) is 19.7. The Labute approximate surface area is 179 Å². The largest absolute Gasteiger partial charge is 0.489 e. The van der Waals surface area contributed by atoms with Crippen molar-refractivity contribution in [1.82, 2.24) is 5.32 Å². The van der Waals surface area contributed by atoms with Crippen molar-refractivity contribution in [3.63, 3.8) is 0 Å². The Kier molecular flexibility index (Phi) is 10.4. The summed E-state index contributed by atoms with van der Waals surface area (Å²) >= 11 is 0. The van der Waals surface area contributed by atoms with Gasteiger partial charge in [-0.3, -0.25) is 4.57 Å². The zero-order valence-electron chi connectivity index (χ0n) is 18.8.